The molecule has 0 radical (unpaired) electrons. The molecule has 5 nitrogen and oxygen atoms in total. The summed E-state index contributed by atoms with van der Waals surface area (Å²) in [4.78, 5) is 21.8. The number of nitrogens with one attached hydrogen (secondary N) is 1. The van der Waals surface area contributed by atoms with Crippen LogP contribution in [0.2, 0.25) is 0 Å². The maximum absolute atomic E-state index is 11.6. The molecular formula is C13H14N2O3S. The summed E-state index contributed by atoms with van der Waals surface area (Å²) in [5.41, 5.74) is 1.20. The highest BCUT2D eigenvalue weighted by molar-refractivity contribution is 7.99. The molecule has 0 aliphatic heterocycles. The van der Waals surface area contributed by atoms with Crippen molar-refractivity contribution in [2.45, 2.75) is 12.8 Å². The summed E-state index contributed by atoms with van der Waals surface area (Å²) in [7, 11) is 0. The van der Waals surface area contributed by atoms with E-state index in [1.54, 1.807) is 24.3 Å². The monoisotopic (exact) mass is 278 g/mol. The molecule has 0 saturated heterocycles. The molecule has 2 N–H and O–H groups in total. The molecule has 0 bridgehead atoms. The van der Waals surface area contributed by atoms with Gasteiger partial charge < -0.3 is 10.4 Å². The molecule has 0 aliphatic carbocycles. The average molecular weight is 278 g/mol. The minimum Gasteiger partial charge on any atom is -0.481 e. The van der Waals surface area contributed by atoms with Crippen LogP contribution in [-0.2, 0) is 9.59 Å². The van der Waals surface area contributed by atoms with E-state index in [4.69, 9.17) is 10.4 Å². The summed E-state index contributed by atoms with van der Waals surface area (Å²) in [5.74, 6) is 0.163. The van der Waals surface area contributed by atoms with E-state index < -0.39 is 5.97 Å². The van der Waals surface area contributed by atoms with Crippen LogP contribution in [0.3, 0.4) is 0 Å². The van der Waals surface area contributed by atoms with Crippen LogP contribution in [0, 0.1) is 11.3 Å². The van der Waals surface area contributed by atoms with Crippen molar-refractivity contribution >= 4 is 29.3 Å². The van der Waals surface area contributed by atoms with Crippen molar-refractivity contribution < 1.29 is 14.7 Å². The van der Waals surface area contributed by atoms with E-state index >= 15 is 0 Å². The fourth-order valence-corrected chi connectivity index (χ4v) is 2.13. The third kappa shape index (κ3) is 6.48. The zero-order valence-corrected chi connectivity index (χ0v) is 11.1. The topological polar surface area (TPSA) is 90.2 Å². The summed E-state index contributed by atoms with van der Waals surface area (Å²) < 4.78 is 0. The number of carbonyl (C=O) groups excluding carboxylic acids is 1. The van der Waals surface area contributed by atoms with Crippen LogP contribution in [0.15, 0.2) is 24.3 Å². The largest absolute Gasteiger partial charge is 0.481 e. The Balaban J connectivity index is 2.23. The van der Waals surface area contributed by atoms with E-state index in [2.05, 4.69) is 5.32 Å². The first-order valence-corrected chi connectivity index (χ1v) is 6.87. The van der Waals surface area contributed by atoms with Gasteiger partial charge >= 0.3 is 5.97 Å². The molecule has 0 heterocycles. The molecule has 19 heavy (non-hydrogen) atoms. The normalized spacial score (nSPS) is 9.63. The van der Waals surface area contributed by atoms with Crippen LogP contribution < -0.4 is 5.32 Å². The van der Waals surface area contributed by atoms with E-state index in [0.717, 1.165) is 0 Å². The van der Waals surface area contributed by atoms with Crippen LogP contribution in [0.5, 0.6) is 0 Å². The first-order chi connectivity index (χ1) is 9.11. The Bertz CT molecular complexity index is 480. The number of benzene rings is 1. The molecule has 1 aromatic carbocycles. The molecule has 0 atom stereocenters. The van der Waals surface area contributed by atoms with Gasteiger partial charge in [-0.15, -0.1) is 0 Å². The lowest BCUT2D eigenvalue weighted by atomic mass is 10.2. The fraction of sp³-hybridized carbons (Fsp3) is 0.308. The molecule has 0 spiro atoms. The Morgan fingerprint density at radius 1 is 1.21 bits per heavy atom. The van der Waals surface area contributed by atoms with Gasteiger partial charge in [-0.25, -0.2) is 0 Å². The van der Waals surface area contributed by atoms with E-state index in [1.165, 1.54) is 11.8 Å². The molecule has 0 aromatic heterocycles. The summed E-state index contributed by atoms with van der Waals surface area (Å²) >= 11 is 1.44. The number of thioether (sulfide) groups is 1. The van der Waals surface area contributed by atoms with Gasteiger partial charge in [0.05, 0.1) is 18.1 Å². The van der Waals surface area contributed by atoms with E-state index in [-0.39, 0.29) is 12.3 Å². The standard InChI is InChI=1S/C13H14N2O3S/c14-9-10-1-3-11(4-2-10)15-12(16)5-7-19-8-6-13(17)18/h1-4H,5-8H2,(H,15,16)(H,17,18). The van der Waals surface area contributed by atoms with Gasteiger partial charge in [0.1, 0.15) is 0 Å². The highest BCUT2D eigenvalue weighted by Crippen LogP contribution is 2.10. The van der Waals surface area contributed by atoms with E-state index in [1.807, 2.05) is 6.07 Å². The van der Waals surface area contributed by atoms with Crippen LogP contribution in [0.1, 0.15) is 18.4 Å². The minimum atomic E-state index is -0.825. The van der Waals surface area contributed by atoms with Gasteiger partial charge in [-0.05, 0) is 24.3 Å². The molecule has 0 saturated carbocycles. The third-order valence-electron chi connectivity index (χ3n) is 2.23. The number of hydrogen-bond donors (Lipinski definition) is 2. The van der Waals surface area contributed by atoms with Crippen molar-refractivity contribution in [3.63, 3.8) is 0 Å². The van der Waals surface area contributed by atoms with Crippen molar-refractivity contribution in [2.24, 2.45) is 0 Å². The van der Waals surface area contributed by atoms with Crippen molar-refractivity contribution in [3.05, 3.63) is 29.8 Å². The molecule has 100 valence electrons. The smallest absolute Gasteiger partial charge is 0.304 e. The molecule has 1 aromatic rings. The average Bonchev–Trinajstić information content (AvgIpc) is 2.39. The number of hydrogen-bond acceptors (Lipinski definition) is 4. The molecule has 1 amide bonds. The van der Waals surface area contributed by atoms with Crippen molar-refractivity contribution in [3.8, 4) is 6.07 Å². The summed E-state index contributed by atoms with van der Waals surface area (Å²) in [6.45, 7) is 0. The van der Waals surface area contributed by atoms with Crippen molar-refractivity contribution in [1.82, 2.24) is 0 Å². The number of nitrogens with zero attached hydrogens (tertiary/aromatic N) is 1. The van der Waals surface area contributed by atoms with Crippen molar-refractivity contribution in [2.75, 3.05) is 16.8 Å². The Kier molecular flexibility index (Phi) is 6.47. The first-order valence-electron chi connectivity index (χ1n) is 5.71. The van der Waals surface area contributed by atoms with Gasteiger partial charge in [-0.3, -0.25) is 9.59 Å². The van der Waals surface area contributed by atoms with Gasteiger partial charge in [0.2, 0.25) is 5.91 Å². The summed E-state index contributed by atoms with van der Waals surface area (Å²) in [5, 5.41) is 19.8. The minimum absolute atomic E-state index is 0.113. The van der Waals surface area contributed by atoms with E-state index in [9.17, 15) is 9.59 Å². The van der Waals surface area contributed by atoms with Gasteiger partial charge in [0, 0.05) is 23.6 Å². The number of anilines is 1. The van der Waals surface area contributed by atoms with E-state index in [0.29, 0.717) is 29.2 Å². The number of nitriles is 1. The SMILES string of the molecule is N#Cc1ccc(NC(=O)CCSCCC(=O)O)cc1. The Labute approximate surface area is 115 Å². The Morgan fingerprint density at radius 2 is 1.84 bits per heavy atom. The lowest BCUT2D eigenvalue weighted by Crippen LogP contribution is -2.12. The predicted molar refractivity (Wildman–Crippen MR) is 74.0 cm³/mol. The zero-order valence-electron chi connectivity index (χ0n) is 10.3. The van der Waals surface area contributed by atoms with Crippen LogP contribution in [0.4, 0.5) is 5.69 Å². The molecule has 0 fully saturated rings. The molecular weight excluding hydrogens is 264 g/mol. The quantitative estimate of drug-likeness (QED) is 0.745. The van der Waals surface area contributed by atoms with Gasteiger partial charge in [-0.2, -0.15) is 17.0 Å². The van der Waals surface area contributed by atoms with Gasteiger partial charge in [0.15, 0.2) is 0 Å². The molecule has 0 unspecified atom stereocenters. The third-order valence-corrected chi connectivity index (χ3v) is 3.22. The number of amides is 1. The number of aliphatic carboxylic acids is 1. The molecule has 6 heteroatoms. The summed E-state index contributed by atoms with van der Waals surface area (Å²) in [6, 6.07) is 8.62. The second-order valence-electron chi connectivity index (χ2n) is 3.74. The second kappa shape index (κ2) is 8.16. The maximum Gasteiger partial charge on any atom is 0.304 e. The second-order valence-corrected chi connectivity index (χ2v) is 4.97. The zero-order chi connectivity index (χ0) is 14.1. The van der Waals surface area contributed by atoms with Crippen LogP contribution >= 0.6 is 11.8 Å². The molecule has 0 aliphatic rings. The fourth-order valence-electron chi connectivity index (χ4n) is 1.28. The summed E-state index contributed by atoms with van der Waals surface area (Å²) in [6.07, 6.45) is 0.451. The number of carbonyl (C=O) groups is 2. The van der Waals surface area contributed by atoms with Gasteiger partial charge in [-0.1, -0.05) is 0 Å². The highest BCUT2D eigenvalue weighted by atomic mass is 32.2. The number of carboxylic acid groups (broad SMARTS) is 1. The van der Waals surface area contributed by atoms with Gasteiger partial charge in [0.25, 0.3) is 0 Å². The predicted octanol–water partition coefficient (Wildman–Crippen LogP) is 2.09. The lowest BCUT2D eigenvalue weighted by Gasteiger charge is -2.04. The highest BCUT2D eigenvalue weighted by Gasteiger charge is 2.03. The van der Waals surface area contributed by atoms with Crippen molar-refractivity contribution in [1.29, 1.82) is 5.26 Å². The maximum atomic E-state index is 11.6. The molecule has 1 rings (SSSR count). The number of rotatable bonds is 7. The first kappa shape index (κ1) is 15.1. The van der Waals surface area contributed by atoms with Crippen LogP contribution in [-0.4, -0.2) is 28.5 Å². The Morgan fingerprint density at radius 3 is 2.42 bits per heavy atom. The van der Waals surface area contributed by atoms with Crippen LogP contribution in [0.25, 0.3) is 0 Å². The lowest BCUT2D eigenvalue weighted by molar-refractivity contribution is -0.136. The Hall–Kier alpha value is -2.00. The number of carboxylic acids is 1.